The Bertz CT molecular complexity index is 714. The number of piperidine rings is 1. The largest absolute Gasteiger partial charge is 0.378 e. The molecule has 6 heteroatoms. The monoisotopic (exact) mass is 401 g/mol. The molecule has 1 aromatic carbocycles. The predicted molar refractivity (Wildman–Crippen MR) is 115 cm³/mol. The molecular weight excluding hydrogens is 366 g/mol. The molecule has 2 saturated heterocycles. The van der Waals surface area contributed by atoms with Crippen molar-refractivity contribution in [2.45, 2.75) is 40.2 Å². The van der Waals surface area contributed by atoms with Gasteiger partial charge in [0.05, 0.1) is 13.2 Å². The second-order valence-electron chi connectivity index (χ2n) is 9.24. The maximum atomic E-state index is 13.1. The van der Waals surface area contributed by atoms with Gasteiger partial charge in [0.25, 0.3) is 0 Å². The first-order valence-corrected chi connectivity index (χ1v) is 10.7. The summed E-state index contributed by atoms with van der Waals surface area (Å²) >= 11 is 0. The summed E-state index contributed by atoms with van der Waals surface area (Å²) in [5.41, 5.74) is 2.00. The zero-order chi connectivity index (χ0) is 21.0. The minimum Gasteiger partial charge on any atom is -0.378 e. The van der Waals surface area contributed by atoms with Gasteiger partial charge in [0.15, 0.2) is 0 Å². The van der Waals surface area contributed by atoms with Crippen molar-refractivity contribution >= 4 is 17.5 Å². The van der Waals surface area contributed by atoms with Crippen LogP contribution in [0.2, 0.25) is 0 Å². The SMILES string of the molecule is CN(Cc1ccccc1N1CCOCC1)C(=O)C1CCN(C(=O)C(C)(C)C)CC1. The zero-order valence-corrected chi connectivity index (χ0v) is 18.3. The van der Waals surface area contributed by atoms with Gasteiger partial charge in [-0.25, -0.2) is 0 Å². The third-order valence-corrected chi connectivity index (χ3v) is 5.90. The molecule has 6 nitrogen and oxygen atoms in total. The first-order chi connectivity index (χ1) is 13.8. The fourth-order valence-electron chi connectivity index (χ4n) is 4.21. The highest BCUT2D eigenvalue weighted by atomic mass is 16.5. The van der Waals surface area contributed by atoms with Crippen molar-refractivity contribution in [3.05, 3.63) is 29.8 Å². The number of rotatable bonds is 4. The summed E-state index contributed by atoms with van der Waals surface area (Å²) in [6, 6.07) is 8.33. The molecule has 0 aliphatic carbocycles. The van der Waals surface area contributed by atoms with Crippen molar-refractivity contribution in [3.8, 4) is 0 Å². The average molecular weight is 402 g/mol. The predicted octanol–water partition coefficient (Wildman–Crippen LogP) is 2.77. The van der Waals surface area contributed by atoms with Crippen LogP contribution in [0.4, 0.5) is 5.69 Å². The third kappa shape index (κ3) is 5.30. The molecule has 1 aromatic rings. The molecule has 2 fully saturated rings. The Balaban J connectivity index is 1.59. The molecule has 0 spiro atoms. The van der Waals surface area contributed by atoms with Crippen LogP contribution in [0.25, 0.3) is 0 Å². The molecule has 2 amide bonds. The number of carbonyl (C=O) groups is 2. The van der Waals surface area contributed by atoms with Crippen molar-refractivity contribution in [3.63, 3.8) is 0 Å². The standard InChI is InChI=1S/C23H35N3O3/c1-23(2,3)22(28)26-11-9-18(10-12-26)21(27)24(4)17-19-7-5-6-8-20(19)25-13-15-29-16-14-25/h5-8,18H,9-17H2,1-4H3. The van der Waals surface area contributed by atoms with Crippen molar-refractivity contribution in [2.24, 2.45) is 11.3 Å². The van der Waals surface area contributed by atoms with E-state index in [9.17, 15) is 9.59 Å². The summed E-state index contributed by atoms with van der Waals surface area (Å²) in [6.07, 6.45) is 1.49. The Labute approximate surface area is 174 Å². The van der Waals surface area contributed by atoms with Gasteiger partial charge in [0, 0.05) is 56.8 Å². The molecule has 0 saturated carbocycles. The van der Waals surface area contributed by atoms with Gasteiger partial charge >= 0.3 is 0 Å². The van der Waals surface area contributed by atoms with Gasteiger partial charge < -0.3 is 19.4 Å². The zero-order valence-electron chi connectivity index (χ0n) is 18.3. The highest BCUT2D eigenvalue weighted by molar-refractivity contribution is 5.82. The number of anilines is 1. The van der Waals surface area contributed by atoms with Crippen molar-refractivity contribution < 1.29 is 14.3 Å². The quantitative estimate of drug-likeness (QED) is 0.779. The number of benzene rings is 1. The van der Waals surface area contributed by atoms with E-state index in [0.717, 1.165) is 39.1 Å². The molecule has 0 bridgehead atoms. The van der Waals surface area contributed by atoms with Gasteiger partial charge in [0.1, 0.15) is 0 Å². The number of nitrogens with zero attached hydrogens (tertiary/aromatic N) is 3. The van der Waals surface area contributed by atoms with Crippen molar-refractivity contribution in [2.75, 3.05) is 51.3 Å². The topological polar surface area (TPSA) is 53.1 Å². The molecule has 0 radical (unpaired) electrons. The van der Waals surface area contributed by atoms with E-state index >= 15 is 0 Å². The van der Waals surface area contributed by atoms with Crippen LogP contribution < -0.4 is 4.90 Å². The molecular formula is C23H35N3O3. The first-order valence-electron chi connectivity index (χ1n) is 10.7. The van der Waals surface area contributed by atoms with E-state index in [1.54, 1.807) is 0 Å². The molecule has 160 valence electrons. The molecule has 2 aliphatic rings. The fourth-order valence-corrected chi connectivity index (χ4v) is 4.21. The highest BCUT2D eigenvalue weighted by Gasteiger charge is 2.33. The Morgan fingerprint density at radius 2 is 1.69 bits per heavy atom. The van der Waals surface area contributed by atoms with E-state index in [-0.39, 0.29) is 23.1 Å². The molecule has 3 rings (SSSR count). The van der Waals surface area contributed by atoms with Crippen LogP contribution in [0.3, 0.4) is 0 Å². The summed E-state index contributed by atoms with van der Waals surface area (Å²) in [6.45, 7) is 11.1. The van der Waals surface area contributed by atoms with E-state index in [4.69, 9.17) is 4.74 Å². The normalized spacial score (nSPS) is 18.6. The molecule has 0 unspecified atom stereocenters. The number of hydrogen-bond acceptors (Lipinski definition) is 4. The van der Waals surface area contributed by atoms with Gasteiger partial charge in [-0.3, -0.25) is 9.59 Å². The van der Waals surface area contributed by atoms with Crippen LogP contribution in [-0.2, 0) is 20.9 Å². The van der Waals surface area contributed by atoms with E-state index in [0.29, 0.717) is 19.6 Å². The van der Waals surface area contributed by atoms with Gasteiger partial charge in [0.2, 0.25) is 11.8 Å². The fraction of sp³-hybridized carbons (Fsp3) is 0.652. The summed E-state index contributed by atoms with van der Waals surface area (Å²) in [4.78, 5) is 31.6. The van der Waals surface area contributed by atoms with Crippen LogP contribution in [0, 0.1) is 11.3 Å². The number of para-hydroxylation sites is 1. The summed E-state index contributed by atoms with van der Waals surface area (Å²) < 4.78 is 5.47. The van der Waals surface area contributed by atoms with Gasteiger partial charge in [-0.15, -0.1) is 0 Å². The molecule has 0 N–H and O–H groups in total. The Morgan fingerprint density at radius 1 is 1.07 bits per heavy atom. The molecule has 0 aromatic heterocycles. The Kier molecular flexibility index (Phi) is 6.83. The Hall–Kier alpha value is -2.08. The summed E-state index contributed by atoms with van der Waals surface area (Å²) in [7, 11) is 1.89. The second-order valence-corrected chi connectivity index (χ2v) is 9.24. The van der Waals surface area contributed by atoms with Crippen LogP contribution >= 0.6 is 0 Å². The number of hydrogen-bond donors (Lipinski definition) is 0. The maximum absolute atomic E-state index is 13.1. The lowest BCUT2D eigenvalue weighted by atomic mass is 9.90. The van der Waals surface area contributed by atoms with Crippen LogP contribution in [0.5, 0.6) is 0 Å². The minimum atomic E-state index is -0.364. The van der Waals surface area contributed by atoms with E-state index in [2.05, 4.69) is 23.1 Å². The lowest BCUT2D eigenvalue weighted by molar-refractivity contribution is -0.144. The van der Waals surface area contributed by atoms with Gasteiger partial charge in [-0.1, -0.05) is 39.0 Å². The van der Waals surface area contributed by atoms with Crippen molar-refractivity contribution in [1.29, 1.82) is 0 Å². The molecule has 2 aliphatic heterocycles. The number of ether oxygens (including phenoxy) is 1. The minimum absolute atomic E-state index is 0.000401. The third-order valence-electron chi connectivity index (χ3n) is 5.90. The molecule has 0 atom stereocenters. The summed E-state index contributed by atoms with van der Waals surface area (Å²) in [5, 5.41) is 0. The van der Waals surface area contributed by atoms with E-state index in [1.165, 1.54) is 11.3 Å². The van der Waals surface area contributed by atoms with E-state index in [1.807, 2.05) is 43.7 Å². The number of likely N-dealkylation sites (tertiary alicyclic amines) is 1. The second kappa shape index (κ2) is 9.16. The van der Waals surface area contributed by atoms with Crippen LogP contribution in [-0.4, -0.2) is 68.1 Å². The number of carbonyl (C=O) groups excluding carboxylic acids is 2. The lowest BCUT2D eigenvalue weighted by Crippen LogP contribution is -2.46. The van der Waals surface area contributed by atoms with Gasteiger partial charge in [-0.2, -0.15) is 0 Å². The Morgan fingerprint density at radius 3 is 2.31 bits per heavy atom. The summed E-state index contributed by atoms with van der Waals surface area (Å²) in [5.74, 6) is 0.361. The van der Waals surface area contributed by atoms with E-state index < -0.39 is 0 Å². The highest BCUT2D eigenvalue weighted by Crippen LogP contribution is 2.27. The molecule has 2 heterocycles. The molecule has 29 heavy (non-hydrogen) atoms. The lowest BCUT2D eigenvalue weighted by Gasteiger charge is -2.36. The maximum Gasteiger partial charge on any atom is 0.227 e. The number of amides is 2. The van der Waals surface area contributed by atoms with Crippen LogP contribution in [0.1, 0.15) is 39.2 Å². The van der Waals surface area contributed by atoms with Crippen molar-refractivity contribution in [1.82, 2.24) is 9.80 Å². The van der Waals surface area contributed by atoms with Crippen LogP contribution in [0.15, 0.2) is 24.3 Å². The van der Waals surface area contributed by atoms with Gasteiger partial charge in [-0.05, 0) is 24.5 Å². The number of morpholine rings is 1. The average Bonchev–Trinajstić information content (AvgIpc) is 2.73. The first kappa shape index (κ1) is 21.6. The smallest absolute Gasteiger partial charge is 0.227 e.